The minimum Gasteiger partial charge on any atom is -0.431 e. The van der Waals surface area contributed by atoms with E-state index < -0.39 is 0 Å². The third-order valence-electron chi connectivity index (χ3n) is 1.91. The summed E-state index contributed by atoms with van der Waals surface area (Å²) < 4.78 is 4.91. The number of carbonyl (C=O) groups is 1. The van der Waals surface area contributed by atoms with Crippen molar-refractivity contribution in [2.45, 2.75) is 19.3 Å². The Hall–Kier alpha value is -0.790. The topological polar surface area (TPSA) is 26.3 Å². The first-order valence-electron chi connectivity index (χ1n) is 3.27. The maximum Gasteiger partial charge on any atom is 0.311 e. The normalized spacial score (nSPS) is 31.8. The molecule has 1 unspecified atom stereocenters. The Morgan fingerprint density at radius 3 is 3.33 bits per heavy atom. The molecule has 0 saturated carbocycles. The van der Waals surface area contributed by atoms with Gasteiger partial charge in [0.2, 0.25) is 0 Å². The molecule has 2 heteroatoms. The molecule has 1 aliphatic heterocycles. The van der Waals surface area contributed by atoms with Crippen molar-refractivity contribution in [1.29, 1.82) is 0 Å². The van der Waals surface area contributed by atoms with E-state index in [0.29, 0.717) is 12.3 Å². The fraction of sp³-hybridized carbons (Fsp3) is 0.571. The molecule has 1 atom stereocenters. The summed E-state index contributed by atoms with van der Waals surface area (Å²) in [6, 6.07) is 0. The van der Waals surface area contributed by atoms with Crippen LogP contribution in [0, 0.1) is 5.92 Å². The minimum atomic E-state index is -0.0500. The summed E-state index contributed by atoms with van der Waals surface area (Å²) in [6.07, 6.45) is 4.84. The van der Waals surface area contributed by atoms with Crippen molar-refractivity contribution in [2.75, 3.05) is 0 Å². The van der Waals surface area contributed by atoms with E-state index in [-0.39, 0.29) is 5.97 Å². The molecule has 2 aliphatic rings. The summed E-state index contributed by atoms with van der Waals surface area (Å²) in [4.78, 5) is 10.6. The van der Waals surface area contributed by atoms with Gasteiger partial charge in [-0.15, -0.1) is 0 Å². The molecular formula is C7H8O2. The van der Waals surface area contributed by atoms with Gasteiger partial charge in [-0.1, -0.05) is 0 Å². The van der Waals surface area contributed by atoms with E-state index in [9.17, 15) is 4.79 Å². The average molecular weight is 124 g/mol. The van der Waals surface area contributed by atoms with Gasteiger partial charge < -0.3 is 4.74 Å². The van der Waals surface area contributed by atoms with Crippen LogP contribution < -0.4 is 0 Å². The zero-order valence-electron chi connectivity index (χ0n) is 5.09. The van der Waals surface area contributed by atoms with E-state index in [4.69, 9.17) is 4.74 Å². The average Bonchev–Trinajstić information content (AvgIpc) is 2.22. The maximum atomic E-state index is 10.6. The first-order valence-corrected chi connectivity index (χ1v) is 3.27. The van der Waals surface area contributed by atoms with Gasteiger partial charge in [0.25, 0.3) is 0 Å². The van der Waals surface area contributed by atoms with Crippen molar-refractivity contribution in [3.63, 3.8) is 0 Å². The predicted octanol–water partition coefficient (Wildman–Crippen LogP) is 1.23. The van der Waals surface area contributed by atoms with E-state index in [1.54, 1.807) is 0 Å². The van der Waals surface area contributed by atoms with Crippen LogP contribution in [0.2, 0.25) is 0 Å². The Kier molecular flexibility index (Phi) is 0.891. The van der Waals surface area contributed by atoms with Crippen LogP contribution in [0.3, 0.4) is 0 Å². The number of rotatable bonds is 0. The number of hydrogen-bond acceptors (Lipinski definition) is 2. The Morgan fingerprint density at radius 1 is 1.67 bits per heavy atom. The zero-order chi connectivity index (χ0) is 6.27. The number of fused-ring (bicyclic) bond motifs is 1. The van der Waals surface area contributed by atoms with Gasteiger partial charge in [0.1, 0.15) is 5.76 Å². The molecule has 0 spiro atoms. The van der Waals surface area contributed by atoms with Crippen molar-refractivity contribution >= 4 is 5.97 Å². The van der Waals surface area contributed by atoms with Gasteiger partial charge in [-0.25, -0.2) is 0 Å². The van der Waals surface area contributed by atoms with E-state index in [1.807, 2.05) is 6.08 Å². The monoisotopic (exact) mass is 124 g/mol. The highest BCUT2D eigenvalue weighted by molar-refractivity contribution is 5.74. The molecule has 0 amide bonds. The van der Waals surface area contributed by atoms with Crippen LogP contribution in [0.5, 0.6) is 0 Å². The highest BCUT2D eigenvalue weighted by Gasteiger charge is 2.31. The molecule has 1 fully saturated rings. The maximum absolute atomic E-state index is 10.6. The van der Waals surface area contributed by atoms with Crippen LogP contribution in [0.1, 0.15) is 19.3 Å². The minimum absolute atomic E-state index is 0.0500. The summed E-state index contributed by atoms with van der Waals surface area (Å²) in [5, 5.41) is 0. The summed E-state index contributed by atoms with van der Waals surface area (Å²) >= 11 is 0. The van der Waals surface area contributed by atoms with E-state index >= 15 is 0 Å². The predicted molar refractivity (Wildman–Crippen MR) is 31.5 cm³/mol. The number of esters is 1. The SMILES string of the molecule is O=C1CC2CCC=C2O1. The van der Waals surface area contributed by atoms with E-state index in [2.05, 4.69) is 0 Å². The number of ether oxygens (including phenoxy) is 1. The van der Waals surface area contributed by atoms with Gasteiger partial charge >= 0.3 is 5.97 Å². The lowest BCUT2D eigenvalue weighted by Gasteiger charge is -1.94. The Balaban J connectivity index is 2.24. The zero-order valence-corrected chi connectivity index (χ0v) is 5.09. The van der Waals surface area contributed by atoms with Crippen LogP contribution in [0.4, 0.5) is 0 Å². The second kappa shape index (κ2) is 1.59. The first kappa shape index (κ1) is 5.03. The van der Waals surface area contributed by atoms with Crippen LogP contribution in [-0.4, -0.2) is 5.97 Å². The standard InChI is InChI=1S/C7H8O2/c8-7-4-5-2-1-3-6(5)9-7/h3,5H,1-2,4H2. The quantitative estimate of drug-likeness (QED) is 0.454. The second-order valence-corrected chi connectivity index (χ2v) is 2.56. The molecule has 1 heterocycles. The number of hydrogen-bond donors (Lipinski definition) is 0. The molecule has 0 radical (unpaired) electrons. The summed E-state index contributed by atoms with van der Waals surface area (Å²) in [6.45, 7) is 0. The summed E-state index contributed by atoms with van der Waals surface area (Å²) in [7, 11) is 0. The molecular weight excluding hydrogens is 116 g/mol. The summed E-state index contributed by atoms with van der Waals surface area (Å²) in [5.41, 5.74) is 0. The molecule has 0 aromatic carbocycles. The number of carbonyl (C=O) groups excluding carboxylic acids is 1. The van der Waals surface area contributed by atoms with E-state index in [1.165, 1.54) is 0 Å². The summed E-state index contributed by atoms with van der Waals surface area (Å²) in [5.74, 6) is 1.32. The Morgan fingerprint density at radius 2 is 2.56 bits per heavy atom. The molecule has 1 aliphatic carbocycles. The van der Waals surface area contributed by atoms with E-state index in [0.717, 1.165) is 18.6 Å². The highest BCUT2D eigenvalue weighted by atomic mass is 16.5. The lowest BCUT2D eigenvalue weighted by Crippen LogP contribution is -1.91. The van der Waals surface area contributed by atoms with Crippen molar-refractivity contribution in [2.24, 2.45) is 5.92 Å². The van der Waals surface area contributed by atoms with Crippen molar-refractivity contribution < 1.29 is 9.53 Å². The highest BCUT2D eigenvalue weighted by Crippen LogP contribution is 2.35. The van der Waals surface area contributed by atoms with Crippen molar-refractivity contribution in [3.05, 3.63) is 11.8 Å². The lowest BCUT2D eigenvalue weighted by molar-refractivity contribution is -0.135. The van der Waals surface area contributed by atoms with Gasteiger partial charge in [-0.05, 0) is 18.9 Å². The van der Waals surface area contributed by atoms with Gasteiger partial charge in [-0.3, -0.25) is 4.79 Å². The molecule has 2 nitrogen and oxygen atoms in total. The third-order valence-corrected chi connectivity index (χ3v) is 1.91. The molecule has 2 rings (SSSR count). The molecule has 9 heavy (non-hydrogen) atoms. The van der Waals surface area contributed by atoms with Crippen LogP contribution in [0.25, 0.3) is 0 Å². The van der Waals surface area contributed by atoms with Crippen molar-refractivity contribution in [3.8, 4) is 0 Å². The van der Waals surface area contributed by atoms with Crippen LogP contribution in [-0.2, 0) is 9.53 Å². The molecule has 0 aromatic heterocycles. The van der Waals surface area contributed by atoms with Gasteiger partial charge in [-0.2, -0.15) is 0 Å². The van der Waals surface area contributed by atoms with Crippen LogP contribution in [0.15, 0.2) is 11.8 Å². The second-order valence-electron chi connectivity index (χ2n) is 2.56. The molecule has 48 valence electrons. The molecule has 0 aromatic rings. The lowest BCUT2D eigenvalue weighted by atomic mass is 10.1. The van der Waals surface area contributed by atoms with Crippen molar-refractivity contribution in [1.82, 2.24) is 0 Å². The Bertz CT molecular complexity index is 181. The largest absolute Gasteiger partial charge is 0.431 e. The molecule has 0 bridgehead atoms. The third kappa shape index (κ3) is 0.661. The van der Waals surface area contributed by atoms with Crippen LogP contribution >= 0.6 is 0 Å². The molecule has 1 saturated heterocycles. The van der Waals surface area contributed by atoms with Gasteiger partial charge in [0, 0.05) is 5.92 Å². The van der Waals surface area contributed by atoms with Gasteiger partial charge in [0.15, 0.2) is 0 Å². The fourth-order valence-electron chi connectivity index (χ4n) is 1.44. The fourth-order valence-corrected chi connectivity index (χ4v) is 1.44. The first-order chi connectivity index (χ1) is 4.36. The smallest absolute Gasteiger partial charge is 0.311 e. The Labute approximate surface area is 53.5 Å². The van der Waals surface area contributed by atoms with Gasteiger partial charge in [0.05, 0.1) is 6.42 Å². The molecule has 0 N–H and O–H groups in total. The number of allylic oxidation sites excluding steroid dienone is 2.